The number of aliphatic carboxylic acids is 1. The van der Waals surface area contributed by atoms with Crippen LogP contribution in [0.15, 0.2) is 0 Å². The summed E-state index contributed by atoms with van der Waals surface area (Å²) in [5, 5.41) is 13.9. The van der Waals surface area contributed by atoms with Crippen molar-refractivity contribution in [2.75, 3.05) is 12.0 Å². The quantitative estimate of drug-likeness (QED) is 0.467. The molecule has 0 aliphatic rings. The predicted octanol–water partition coefficient (Wildman–Crippen LogP) is -0.203. The van der Waals surface area contributed by atoms with Crippen molar-refractivity contribution in [3.63, 3.8) is 0 Å². The molecule has 122 valence electrons. The Morgan fingerprint density at radius 3 is 2.14 bits per heavy atom. The van der Waals surface area contributed by atoms with Gasteiger partial charge in [0, 0.05) is 0 Å². The highest BCUT2D eigenvalue weighted by Gasteiger charge is 2.27. The molecule has 5 N–H and O–H groups in total. The number of carboxylic acid groups (broad SMARTS) is 1. The van der Waals surface area contributed by atoms with Crippen molar-refractivity contribution in [3.05, 3.63) is 0 Å². The predicted molar refractivity (Wildman–Crippen MR) is 83.0 cm³/mol. The molecule has 0 fully saturated rings. The second-order valence-electron chi connectivity index (χ2n) is 5.19. The van der Waals surface area contributed by atoms with E-state index in [1.807, 2.05) is 6.26 Å². The van der Waals surface area contributed by atoms with Gasteiger partial charge in [-0.15, -0.1) is 0 Å². The average Bonchev–Trinajstić information content (AvgIpc) is 2.40. The van der Waals surface area contributed by atoms with E-state index in [0.717, 1.165) is 5.75 Å². The van der Waals surface area contributed by atoms with Gasteiger partial charge in [-0.05, 0) is 31.3 Å². The van der Waals surface area contributed by atoms with Crippen LogP contribution in [0.25, 0.3) is 0 Å². The van der Waals surface area contributed by atoms with Gasteiger partial charge in [0.25, 0.3) is 0 Å². The zero-order valence-electron chi connectivity index (χ0n) is 12.9. The van der Waals surface area contributed by atoms with Gasteiger partial charge in [-0.2, -0.15) is 11.8 Å². The third-order valence-electron chi connectivity index (χ3n) is 2.95. The van der Waals surface area contributed by atoms with E-state index in [2.05, 4.69) is 10.6 Å². The Bertz CT molecular complexity index is 376. The Balaban J connectivity index is 4.44. The summed E-state index contributed by atoms with van der Waals surface area (Å²) in [7, 11) is 0. The van der Waals surface area contributed by atoms with E-state index in [1.54, 1.807) is 25.6 Å². The molecular formula is C13H25N3O4S. The molecular weight excluding hydrogens is 294 g/mol. The van der Waals surface area contributed by atoms with Crippen molar-refractivity contribution in [1.29, 1.82) is 0 Å². The minimum absolute atomic E-state index is 0.252. The van der Waals surface area contributed by atoms with Crippen LogP contribution in [0.2, 0.25) is 0 Å². The number of carbonyl (C=O) groups excluding carboxylic acids is 2. The maximum absolute atomic E-state index is 11.9. The molecule has 21 heavy (non-hydrogen) atoms. The van der Waals surface area contributed by atoms with Crippen LogP contribution < -0.4 is 16.4 Å². The molecule has 2 amide bonds. The van der Waals surface area contributed by atoms with E-state index in [-0.39, 0.29) is 5.92 Å². The van der Waals surface area contributed by atoms with Crippen molar-refractivity contribution >= 4 is 29.5 Å². The normalized spacial score (nSPS) is 15.1. The first-order valence-electron chi connectivity index (χ1n) is 6.78. The van der Waals surface area contributed by atoms with Gasteiger partial charge >= 0.3 is 5.97 Å². The molecule has 8 heteroatoms. The van der Waals surface area contributed by atoms with Crippen LogP contribution in [-0.4, -0.2) is 53.0 Å². The largest absolute Gasteiger partial charge is 0.480 e. The second kappa shape index (κ2) is 9.62. The summed E-state index contributed by atoms with van der Waals surface area (Å²) in [6.45, 7) is 4.88. The number of carbonyl (C=O) groups is 3. The first-order valence-corrected chi connectivity index (χ1v) is 8.18. The van der Waals surface area contributed by atoms with Crippen LogP contribution in [0.5, 0.6) is 0 Å². The number of nitrogens with one attached hydrogen (secondary N) is 2. The molecule has 0 aliphatic heterocycles. The molecule has 0 spiro atoms. The second-order valence-corrected chi connectivity index (χ2v) is 6.17. The molecule has 7 nitrogen and oxygen atoms in total. The van der Waals surface area contributed by atoms with Crippen molar-refractivity contribution in [3.8, 4) is 0 Å². The zero-order valence-corrected chi connectivity index (χ0v) is 13.7. The molecule has 0 aromatic rings. The first kappa shape index (κ1) is 19.7. The highest BCUT2D eigenvalue weighted by molar-refractivity contribution is 7.98. The summed E-state index contributed by atoms with van der Waals surface area (Å²) >= 11 is 1.58. The lowest BCUT2D eigenvalue weighted by molar-refractivity contribution is -0.143. The fourth-order valence-corrected chi connectivity index (χ4v) is 2.04. The summed E-state index contributed by atoms with van der Waals surface area (Å²) in [5.41, 5.74) is 5.70. The molecule has 0 heterocycles. The molecule has 3 unspecified atom stereocenters. The molecule has 0 saturated carbocycles. The number of nitrogens with two attached hydrogens (primary N) is 1. The fraction of sp³-hybridized carbons (Fsp3) is 0.769. The number of hydrogen-bond acceptors (Lipinski definition) is 5. The van der Waals surface area contributed by atoms with E-state index < -0.39 is 35.9 Å². The first-order chi connectivity index (χ1) is 9.70. The topological polar surface area (TPSA) is 122 Å². The van der Waals surface area contributed by atoms with E-state index in [4.69, 9.17) is 10.8 Å². The molecule has 0 aromatic carbocycles. The van der Waals surface area contributed by atoms with Gasteiger partial charge in [0.15, 0.2) is 0 Å². The van der Waals surface area contributed by atoms with Crippen LogP contribution >= 0.6 is 11.8 Å². The lowest BCUT2D eigenvalue weighted by atomic mass is 10.0. The van der Waals surface area contributed by atoms with Crippen molar-refractivity contribution < 1.29 is 19.5 Å². The summed E-state index contributed by atoms with van der Waals surface area (Å²) in [6, 6.07) is -2.49. The van der Waals surface area contributed by atoms with Crippen LogP contribution in [0.3, 0.4) is 0 Å². The van der Waals surface area contributed by atoms with E-state index in [9.17, 15) is 14.4 Å². The Morgan fingerprint density at radius 2 is 1.71 bits per heavy atom. The Labute approximate surface area is 129 Å². The van der Waals surface area contributed by atoms with Crippen LogP contribution in [0, 0.1) is 5.92 Å². The lowest BCUT2D eigenvalue weighted by Crippen LogP contribution is -2.54. The van der Waals surface area contributed by atoms with E-state index in [0.29, 0.717) is 6.42 Å². The molecule has 0 radical (unpaired) electrons. The Morgan fingerprint density at radius 1 is 1.14 bits per heavy atom. The summed E-state index contributed by atoms with van der Waals surface area (Å²) in [4.78, 5) is 34.7. The van der Waals surface area contributed by atoms with Gasteiger partial charge < -0.3 is 21.5 Å². The van der Waals surface area contributed by atoms with E-state index >= 15 is 0 Å². The Kier molecular flexibility index (Phi) is 9.03. The van der Waals surface area contributed by atoms with Crippen molar-refractivity contribution in [1.82, 2.24) is 10.6 Å². The molecule has 0 aliphatic carbocycles. The number of thioether (sulfide) groups is 1. The SMILES string of the molecule is CSCCC(N)C(=O)NC(C)C(=O)NC(C(=O)O)C(C)C. The molecule has 3 atom stereocenters. The van der Waals surface area contributed by atoms with E-state index in [1.165, 1.54) is 6.92 Å². The minimum Gasteiger partial charge on any atom is -0.480 e. The van der Waals surface area contributed by atoms with Gasteiger partial charge in [-0.1, -0.05) is 13.8 Å². The number of carboxylic acids is 1. The van der Waals surface area contributed by atoms with Gasteiger partial charge in [0.05, 0.1) is 6.04 Å². The number of rotatable bonds is 9. The van der Waals surface area contributed by atoms with Crippen LogP contribution in [0.4, 0.5) is 0 Å². The zero-order chi connectivity index (χ0) is 16.6. The molecule has 0 aromatic heterocycles. The monoisotopic (exact) mass is 319 g/mol. The van der Waals surface area contributed by atoms with Gasteiger partial charge in [-0.3, -0.25) is 9.59 Å². The van der Waals surface area contributed by atoms with Gasteiger partial charge in [0.2, 0.25) is 11.8 Å². The van der Waals surface area contributed by atoms with Gasteiger partial charge in [0.1, 0.15) is 12.1 Å². The fourth-order valence-electron chi connectivity index (χ4n) is 1.55. The maximum Gasteiger partial charge on any atom is 0.326 e. The standard InChI is InChI=1S/C13H25N3O4S/c1-7(2)10(13(19)20)16-11(17)8(3)15-12(18)9(14)5-6-21-4/h7-10H,5-6,14H2,1-4H3,(H,15,18)(H,16,17)(H,19,20). The van der Waals surface area contributed by atoms with Crippen molar-refractivity contribution in [2.24, 2.45) is 11.7 Å². The molecule has 0 bridgehead atoms. The molecule has 0 saturated heterocycles. The smallest absolute Gasteiger partial charge is 0.326 e. The third-order valence-corrected chi connectivity index (χ3v) is 3.60. The number of amides is 2. The summed E-state index contributed by atoms with van der Waals surface area (Å²) in [6.07, 6.45) is 2.43. The summed E-state index contributed by atoms with van der Waals surface area (Å²) < 4.78 is 0. The van der Waals surface area contributed by atoms with Gasteiger partial charge in [-0.25, -0.2) is 4.79 Å². The highest BCUT2D eigenvalue weighted by Crippen LogP contribution is 2.03. The van der Waals surface area contributed by atoms with Crippen molar-refractivity contribution in [2.45, 2.75) is 45.3 Å². The lowest BCUT2D eigenvalue weighted by Gasteiger charge is -2.22. The van der Waals surface area contributed by atoms with Crippen LogP contribution in [0.1, 0.15) is 27.2 Å². The third kappa shape index (κ3) is 7.33. The number of hydrogen-bond donors (Lipinski definition) is 4. The summed E-state index contributed by atoms with van der Waals surface area (Å²) in [5.74, 6) is -1.56. The minimum atomic E-state index is -1.10. The average molecular weight is 319 g/mol. The van der Waals surface area contributed by atoms with Crippen LogP contribution in [-0.2, 0) is 14.4 Å². The maximum atomic E-state index is 11.9. The highest BCUT2D eigenvalue weighted by atomic mass is 32.2. The molecule has 0 rings (SSSR count). The Hall–Kier alpha value is -1.28.